The van der Waals surface area contributed by atoms with E-state index in [0.29, 0.717) is 6.04 Å². The monoisotopic (exact) mass is 240 g/mol. The molecular weight excluding hydrogens is 220 g/mol. The third-order valence-electron chi connectivity index (χ3n) is 3.07. The van der Waals surface area contributed by atoms with Crippen molar-refractivity contribution in [1.29, 1.82) is 0 Å². The number of nitrogens with one attached hydrogen (secondary N) is 1. The number of hydrogen-bond acceptors (Lipinski definition) is 4. The maximum atomic E-state index is 5.48. The maximum Gasteiger partial charge on any atom is 0.122 e. The normalized spacial score (nSPS) is 22.5. The molecule has 1 aliphatic heterocycles. The van der Waals surface area contributed by atoms with Gasteiger partial charge in [0.1, 0.15) is 11.1 Å². The highest BCUT2D eigenvalue weighted by Gasteiger charge is 2.21. The van der Waals surface area contributed by atoms with E-state index in [0.717, 1.165) is 24.4 Å². The first-order valence-corrected chi connectivity index (χ1v) is 6.94. The zero-order valence-electron chi connectivity index (χ0n) is 10.0. The van der Waals surface area contributed by atoms with Crippen molar-refractivity contribution in [2.45, 2.75) is 44.8 Å². The highest BCUT2D eigenvalue weighted by atomic mass is 32.1. The molecule has 1 saturated heterocycles. The quantitative estimate of drug-likeness (QED) is 0.859. The van der Waals surface area contributed by atoms with Crippen molar-refractivity contribution in [1.82, 2.24) is 10.3 Å². The highest BCUT2D eigenvalue weighted by molar-refractivity contribution is 7.09. The van der Waals surface area contributed by atoms with Crippen molar-refractivity contribution in [3.05, 3.63) is 16.1 Å². The van der Waals surface area contributed by atoms with Crippen molar-refractivity contribution >= 4 is 11.3 Å². The average molecular weight is 240 g/mol. The van der Waals surface area contributed by atoms with Gasteiger partial charge in [-0.1, -0.05) is 13.3 Å². The predicted molar refractivity (Wildman–Crippen MR) is 66.7 cm³/mol. The largest absolute Gasteiger partial charge is 0.374 e. The van der Waals surface area contributed by atoms with E-state index in [-0.39, 0.29) is 6.10 Å². The number of hydrogen-bond donors (Lipinski definition) is 1. The molecule has 2 heterocycles. The van der Waals surface area contributed by atoms with Gasteiger partial charge in [0.25, 0.3) is 0 Å². The predicted octanol–water partition coefficient (Wildman–Crippen LogP) is 3.06. The SMILES string of the molecule is CCCC(OC)c1nc(C2CCCN2)cs1. The highest BCUT2D eigenvalue weighted by Crippen LogP contribution is 2.29. The second kappa shape index (κ2) is 5.75. The zero-order chi connectivity index (χ0) is 11.4. The van der Waals surface area contributed by atoms with Gasteiger partial charge in [-0.25, -0.2) is 4.98 Å². The standard InChI is InChI=1S/C12H20N2OS/c1-3-5-11(15-2)12-14-10(8-16-12)9-6-4-7-13-9/h8-9,11,13H,3-7H2,1-2H3. The van der Waals surface area contributed by atoms with Gasteiger partial charge in [0.15, 0.2) is 0 Å². The fraction of sp³-hybridized carbons (Fsp3) is 0.750. The van der Waals surface area contributed by atoms with Crippen LogP contribution in [0.5, 0.6) is 0 Å². The summed E-state index contributed by atoms with van der Waals surface area (Å²) in [5, 5.41) is 6.79. The third-order valence-corrected chi connectivity index (χ3v) is 4.02. The molecule has 0 aliphatic carbocycles. The Hall–Kier alpha value is -0.450. The number of methoxy groups -OCH3 is 1. The van der Waals surface area contributed by atoms with Crippen LogP contribution >= 0.6 is 11.3 Å². The second-order valence-electron chi connectivity index (χ2n) is 4.27. The Balaban J connectivity index is 2.05. The minimum Gasteiger partial charge on any atom is -0.374 e. The lowest BCUT2D eigenvalue weighted by Crippen LogP contribution is -2.13. The Bertz CT molecular complexity index is 321. The van der Waals surface area contributed by atoms with Gasteiger partial charge in [0.2, 0.25) is 0 Å². The Morgan fingerprint density at radius 1 is 1.69 bits per heavy atom. The Morgan fingerprint density at radius 2 is 2.56 bits per heavy atom. The zero-order valence-corrected chi connectivity index (χ0v) is 10.8. The molecule has 0 amide bonds. The second-order valence-corrected chi connectivity index (χ2v) is 5.16. The van der Waals surface area contributed by atoms with Crippen LogP contribution in [0.4, 0.5) is 0 Å². The average Bonchev–Trinajstić information content (AvgIpc) is 2.95. The van der Waals surface area contributed by atoms with Crippen LogP contribution in [0.15, 0.2) is 5.38 Å². The lowest BCUT2D eigenvalue weighted by atomic mass is 10.2. The molecule has 3 nitrogen and oxygen atoms in total. The van der Waals surface area contributed by atoms with E-state index in [1.807, 2.05) is 0 Å². The van der Waals surface area contributed by atoms with Crippen LogP contribution in [-0.2, 0) is 4.74 Å². The molecule has 90 valence electrons. The first kappa shape index (κ1) is 12.0. The molecule has 1 aromatic rings. The third kappa shape index (κ3) is 2.62. The molecule has 0 aromatic carbocycles. The van der Waals surface area contributed by atoms with Crippen LogP contribution in [0.25, 0.3) is 0 Å². The van der Waals surface area contributed by atoms with E-state index < -0.39 is 0 Å². The van der Waals surface area contributed by atoms with E-state index >= 15 is 0 Å². The number of rotatable bonds is 5. The van der Waals surface area contributed by atoms with Gasteiger partial charge in [-0.3, -0.25) is 0 Å². The molecule has 0 bridgehead atoms. The van der Waals surface area contributed by atoms with E-state index in [1.54, 1.807) is 18.4 Å². The van der Waals surface area contributed by atoms with Crippen LogP contribution in [-0.4, -0.2) is 18.6 Å². The number of nitrogens with zero attached hydrogens (tertiary/aromatic N) is 1. The Kier molecular flexibility index (Phi) is 4.32. The van der Waals surface area contributed by atoms with E-state index in [1.165, 1.54) is 18.5 Å². The van der Waals surface area contributed by atoms with E-state index in [2.05, 4.69) is 17.6 Å². The first-order chi connectivity index (χ1) is 7.85. The van der Waals surface area contributed by atoms with Crippen LogP contribution in [0.1, 0.15) is 55.5 Å². The van der Waals surface area contributed by atoms with Gasteiger partial charge < -0.3 is 10.1 Å². The minimum absolute atomic E-state index is 0.185. The van der Waals surface area contributed by atoms with Crippen molar-refractivity contribution in [3.8, 4) is 0 Å². The van der Waals surface area contributed by atoms with Crippen LogP contribution < -0.4 is 5.32 Å². The van der Waals surface area contributed by atoms with Crippen LogP contribution in [0.3, 0.4) is 0 Å². The molecule has 1 fully saturated rings. The van der Waals surface area contributed by atoms with E-state index in [9.17, 15) is 0 Å². The molecule has 2 rings (SSSR count). The molecule has 2 unspecified atom stereocenters. The van der Waals surface area contributed by atoms with Crippen LogP contribution in [0.2, 0.25) is 0 Å². The van der Waals surface area contributed by atoms with E-state index in [4.69, 9.17) is 9.72 Å². The molecule has 0 saturated carbocycles. The summed E-state index contributed by atoms with van der Waals surface area (Å²) in [6, 6.07) is 0.476. The molecule has 1 aliphatic rings. The molecule has 0 radical (unpaired) electrons. The fourth-order valence-corrected chi connectivity index (χ4v) is 3.13. The van der Waals surface area contributed by atoms with Gasteiger partial charge >= 0.3 is 0 Å². The summed E-state index contributed by atoms with van der Waals surface area (Å²) in [4.78, 5) is 4.71. The minimum atomic E-state index is 0.185. The topological polar surface area (TPSA) is 34.1 Å². The lowest BCUT2D eigenvalue weighted by molar-refractivity contribution is 0.0946. The molecule has 4 heteroatoms. The maximum absolute atomic E-state index is 5.48. The first-order valence-electron chi connectivity index (χ1n) is 6.06. The summed E-state index contributed by atoms with van der Waals surface area (Å²) in [6.45, 7) is 3.30. The number of ether oxygens (including phenoxy) is 1. The summed E-state index contributed by atoms with van der Waals surface area (Å²) >= 11 is 1.73. The van der Waals surface area contributed by atoms with Gasteiger partial charge in [0.05, 0.1) is 11.7 Å². The van der Waals surface area contributed by atoms with Gasteiger partial charge in [0, 0.05) is 12.5 Å². The van der Waals surface area contributed by atoms with Gasteiger partial charge in [-0.2, -0.15) is 0 Å². The molecule has 1 N–H and O–H groups in total. The summed E-state index contributed by atoms with van der Waals surface area (Å²) in [5.41, 5.74) is 1.20. The number of thiazole rings is 1. The summed E-state index contributed by atoms with van der Waals surface area (Å²) in [7, 11) is 1.77. The Morgan fingerprint density at radius 3 is 3.19 bits per heavy atom. The van der Waals surface area contributed by atoms with Crippen molar-refractivity contribution in [2.75, 3.05) is 13.7 Å². The Labute approximate surface area is 101 Å². The van der Waals surface area contributed by atoms with Crippen molar-refractivity contribution in [3.63, 3.8) is 0 Å². The smallest absolute Gasteiger partial charge is 0.122 e. The summed E-state index contributed by atoms with van der Waals surface area (Å²) < 4.78 is 5.48. The van der Waals surface area contributed by atoms with Crippen molar-refractivity contribution < 1.29 is 4.74 Å². The molecule has 1 aromatic heterocycles. The summed E-state index contributed by atoms with van der Waals surface area (Å²) in [6.07, 6.45) is 4.86. The van der Waals surface area contributed by atoms with Crippen molar-refractivity contribution in [2.24, 2.45) is 0 Å². The van der Waals surface area contributed by atoms with Crippen LogP contribution in [0, 0.1) is 0 Å². The molecule has 16 heavy (non-hydrogen) atoms. The molecular formula is C12H20N2OS. The number of aromatic nitrogens is 1. The lowest BCUT2D eigenvalue weighted by Gasteiger charge is -2.11. The molecule has 0 spiro atoms. The van der Waals surface area contributed by atoms with Gasteiger partial charge in [-0.05, 0) is 25.8 Å². The molecule has 2 atom stereocenters. The fourth-order valence-electron chi connectivity index (χ4n) is 2.15. The summed E-state index contributed by atoms with van der Waals surface area (Å²) in [5.74, 6) is 0. The van der Waals surface area contributed by atoms with Gasteiger partial charge in [-0.15, -0.1) is 11.3 Å².